The predicted molar refractivity (Wildman–Crippen MR) is 97.5 cm³/mol. The summed E-state index contributed by atoms with van der Waals surface area (Å²) in [5.74, 6) is 0.407. The van der Waals surface area contributed by atoms with Crippen molar-refractivity contribution in [1.29, 1.82) is 0 Å². The van der Waals surface area contributed by atoms with Gasteiger partial charge in [0.2, 0.25) is 5.91 Å². The Morgan fingerprint density at radius 3 is 2.40 bits per heavy atom. The number of amides is 2. The minimum absolute atomic E-state index is 0.180. The van der Waals surface area contributed by atoms with Gasteiger partial charge in [-0.05, 0) is 37.3 Å². The molecule has 0 fully saturated rings. The van der Waals surface area contributed by atoms with Crippen LogP contribution in [0, 0.1) is 6.92 Å². The van der Waals surface area contributed by atoms with E-state index in [1.165, 1.54) is 6.92 Å². The number of imidazole rings is 1. The lowest BCUT2D eigenvalue weighted by Gasteiger charge is -2.08. The standard InChI is InChI=1S/C19H18N4O2/c1-12-20-11-18(21-12)14-5-3-8-17(9-14)23-19(25)15-6-4-7-16(10-15)22-13(2)24/h3-11H,1-2H3,(H,20,21)(H,22,24)(H,23,25). The molecule has 6 heteroatoms. The van der Waals surface area contributed by atoms with Crippen molar-refractivity contribution in [2.75, 3.05) is 10.6 Å². The van der Waals surface area contributed by atoms with Crippen LogP contribution < -0.4 is 10.6 Å². The van der Waals surface area contributed by atoms with Crippen molar-refractivity contribution in [3.63, 3.8) is 0 Å². The molecule has 3 rings (SSSR count). The summed E-state index contributed by atoms with van der Waals surface area (Å²) < 4.78 is 0. The van der Waals surface area contributed by atoms with Crippen molar-refractivity contribution in [2.45, 2.75) is 13.8 Å². The molecule has 25 heavy (non-hydrogen) atoms. The third-order valence-corrected chi connectivity index (χ3v) is 3.58. The van der Waals surface area contributed by atoms with Crippen LogP contribution >= 0.6 is 0 Å². The number of aryl methyl sites for hydroxylation is 1. The second-order valence-electron chi connectivity index (χ2n) is 5.68. The minimum atomic E-state index is -0.245. The largest absolute Gasteiger partial charge is 0.342 e. The highest BCUT2D eigenvalue weighted by atomic mass is 16.2. The van der Waals surface area contributed by atoms with Gasteiger partial charge in [0.15, 0.2) is 0 Å². The summed E-state index contributed by atoms with van der Waals surface area (Å²) in [4.78, 5) is 31.0. The number of hydrogen-bond donors (Lipinski definition) is 3. The molecule has 0 bridgehead atoms. The number of nitrogens with one attached hydrogen (secondary N) is 3. The maximum absolute atomic E-state index is 12.5. The van der Waals surface area contributed by atoms with Crippen molar-refractivity contribution >= 4 is 23.2 Å². The first-order chi connectivity index (χ1) is 12.0. The van der Waals surface area contributed by atoms with Gasteiger partial charge in [0.25, 0.3) is 5.91 Å². The molecule has 3 aromatic rings. The molecule has 0 aliphatic carbocycles. The SMILES string of the molecule is CC(=O)Nc1cccc(C(=O)Nc2cccc(-c3cnc(C)[nH]3)c2)c1. The first-order valence-electron chi connectivity index (χ1n) is 7.82. The van der Waals surface area contributed by atoms with E-state index < -0.39 is 0 Å². The summed E-state index contributed by atoms with van der Waals surface area (Å²) in [6.07, 6.45) is 1.76. The fraction of sp³-hybridized carbons (Fsp3) is 0.105. The van der Waals surface area contributed by atoms with Gasteiger partial charge in [-0.15, -0.1) is 0 Å². The molecule has 0 unspecified atom stereocenters. The molecule has 0 aliphatic heterocycles. The van der Waals surface area contributed by atoms with Crippen LogP contribution in [0.2, 0.25) is 0 Å². The Morgan fingerprint density at radius 2 is 1.72 bits per heavy atom. The molecule has 2 aromatic carbocycles. The van der Waals surface area contributed by atoms with Crippen LogP contribution in [-0.2, 0) is 4.79 Å². The number of anilines is 2. The molecule has 6 nitrogen and oxygen atoms in total. The highest BCUT2D eigenvalue weighted by Crippen LogP contribution is 2.21. The summed E-state index contributed by atoms with van der Waals surface area (Å²) in [5.41, 5.74) is 3.56. The van der Waals surface area contributed by atoms with Crippen LogP contribution in [0.3, 0.4) is 0 Å². The molecule has 2 amide bonds. The van der Waals surface area contributed by atoms with Crippen LogP contribution in [0.15, 0.2) is 54.7 Å². The Hall–Kier alpha value is -3.41. The number of benzene rings is 2. The lowest BCUT2D eigenvalue weighted by molar-refractivity contribution is -0.114. The van der Waals surface area contributed by atoms with Crippen molar-refractivity contribution < 1.29 is 9.59 Å². The maximum atomic E-state index is 12.5. The fourth-order valence-corrected chi connectivity index (χ4v) is 2.48. The summed E-state index contributed by atoms with van der Waals surface area (Å²) in [6.45, 7) is 3.31. The van der Waals surface area contributed by atoms with E-state index in [1.54, 1.807) is 30.5 Å². The molecule has 0 atom stereocenters. The highest BCUT2D eigenvalue weighted by molar-refractivity contribution is 6.05. The molecule has 3 N–H and O–H groups in total. The summed E-state index contributed by atoms with van der Waals surface area (Å²) in [5, 5.41) is 5.54. The first-order valence-corrected chi connectivity index (χ1v) is 7.82. The Kier molecular flexibility index (Phi) is 4.61. The zero-order valence-corrected chi connectivity index (χ0v) is 14.0. The zero-order chi connectivity index (χ0) is 17.8. The van der Waals surface area contributed by atoms with E-state index in [1.807, 2.05) is 31.2 Å². The van der Waals surface area contributed by atoms with Crippen molar-refractivity contribution in [3.05, 3.63) is 66.1 Å². The van der Waals surface area contributed by atoms with Gasteiger partial charge in [0, 0.05) is 29.4 Å². The molecule has 0 saturated carbocycles. The molecular formula is C19H18N4O2. The molecule has 0 radical (unpaired) electrons. The first kappa shape index (κ1) is 16.4. The van der Waals surface area contributed by atoms with E-state index in [-0.39, 0.29) is 11.8 Å². The van der Waals surface area contributed by atoms with E-state index in [4.69, 9.17) is 0 Å². The molecule has 1 aromatic heterocycles. The van der Waals surface area contributed by atoms with Gasteiger partial charge < -0.3 is 15.6 Å². The number of carbonyl (C=O) groups is 2. The van der Waals surface area contributed by atoms with E-state index in [9.17, 15) is 9.59 Å². The Balaban J connectivity index is 1.78. The second kappa shape index (κ2) is 7.00. The number of H-pyrrole nitrogens is 1. The van der Waals surface area contributed by atoms with Crippen LogP contribution in [0.25, 0.3) is 11.3 Å². The van der Waals surface area contributed by atoms with E-state index in [0.717, 1.165) is 17.1 Å². The Bertz CT molecular complexity index is 930. The average molecular weight is 334 g/mol. The maximum Gasteiger partial charge on any atom is 0.255 e. The molecule has 126 valence electrons. The van der Waals surface area contributed by atoms with E-state index in [0.29, 0.717) is 16.9 Å². The van der Waals surface area contributed by atoms with Crippen molar-refractivity contribution in [2.24, 2.45) is 0 Å². The number of hydrogen-bond acceptors (Lipinski definition) is 3. The third kappa shape index (κ3) is 4.11. The van der Waals surface area contributed by atoms with Gasteiger partial charge in [-0.25, -0.2) is 4.98 Å². The second-order valence-corrected chi connectivity index (χ2v) is 5.68. The number of aromatic nitrogens is 2. The normalized spacial score (nSPS) is 10.3. The Labute approximate surface area is 145 Å². The molecule has 0 saturated heterocycles. The summed E-state index contributed by atoms with van der Waals surface area (Å²) in [7, 11) is 0. The number of aromatic amines is 1. The van der Waals surface area contributed by atoms with Crippen LogP contribution in [0.1, 0.15) is 23.1 Å². The quantitative estimate of drug-likeness (QED) is 0.681. The molecule has 0 spiro atoms. The third-order valence-electron chi connectivity index (χ3n) is 3.58. The van der Waals surface area contributed by atoms with E-state index >= 15 is 0 Å². The minimum Gasteiger partial charge on any atom is -0.342 e. The number of carbonyl (C=O) groups excluding carboxylic acids is 2. The van der Waals surface area contributed by atoms with Gasteiger partial charge >= 0.3 is 0 Å². The van der Waals surface area contributed by atoms with Gasteiger partial charge in [-0.1, -0.05) is 18.2 Å². The van der Waals surface area contributed by atoms with Gasteiger partial charge in [0.1, 0.15) is 5.82 Å². The lowest BCUT2D eigenvalue weighted by atomic mass is 10.1. The van der Waals surface area contributed by atoms with Crippen LogP contribution in [0.4, 0.5) is 11.4 Å². The average Bonchev–Trinajstić information content (AvgIpc) is 3.01. The molecular weight excluding hydrogens is 316 g/mol. The fourth-order valence-electron chi connectivity index (χ4n) is 2.48. The van der Waals surface area contributed by atoms with Crippen LogP contribution in [-0.4, -0.2) is 21.8 Å². The smallest absolute Gasteiger partial charge is 0.255 e. The van der Waals surface area contributed by atoms with Gasteiger partial charge in [0.05, 0.1) is 11.9 Å². The topological polar surface area (TPSA) is 86.9 Å². The monoisotopic (exact) mass is 334 g/mol. The van der Waals surface area contributed by atoms with Crippen molar-refractivity contribution in [3.8, 4) is 11.3 Å². The number of nitrogens with zero attached hydrogens (tertiary/aromatic N) is 1. The number of rotatable bonds is 4. The summed E-state index contributed by atoms with van der Waals surface area (Å²) in [6, 6.07) is 14.3. The zero-order valence-electron chi connectivity index (χ0n) is 14.0. The van der Waals surface area contributed by atoms with Crippen LogP contribution in [0.5, 0.6) is 0 Å². The van der Waals surface area contributed by atoms with Crippen molar-refractivity contribution in [1.82, 2.24) is 9.97 Å². The lowest BCUT2D eigenvalue weighted by Crippen LogP contribution is -2.13. The highest BCUT2D eigenvalue weighted by Gasteiger charge is 2.09. The predicted octanol–water partition coefficient (Wildman–Crippen LogP) is 3.60. The van der Waals surface area contributed by atoms with E-state index in [2.05, 4.69) is 20.6 Å². The van der Waals surface area contributed by atoms with Gasteiger partial charge in [-0.2, -0.15) is 0 Å². The van der Waals surface area contributed by atoms with Gasteiger partial charge in [-0.3, -0.25) is 9.59 Å². The molecule has 0 aliphatic rings. The molecule has 1 heterocycles. The Morgan fingerprint density at radius 1 is 1.00 bits per heavy atom. The summed E-state index contributed by atoms with van der Waals surface area (Å²) >= 11 is 0.